The van der Waals surface area contributed by atoms with Gasteiger partial charge in [0, 0.05) is 36.4 Å². The number of rotatable bonds is 6. The molecule has 1 aliphatic carbocycles. The van der Waals surface area contributed by atoms with E-state index in [0.29, 0.717) is 23.6 Å². The maximum Gasteiger partial charge on any atom is 0.255 e. The lowest BCUT2D eigenvalue weighted by atomic mass is 9.94. The molecule has 0 radical (unpaired) electrons. The van der Waals surface area contributed by atoms with E-state index in [-0.39, 0.29) is 18.3 Å². The molecule has 1 saturated heterocycles. The number of ether oxygens (including phenoxy) is 1. The second-order valence-corrected chi connectivity index (χ2v) is 8.24. The first kappa shape index (κ1) is 22.8. The van der Waals surface area contributed by atoms with Crippen LogP contribution in [-0.4, -0.2) is 37.7 Å². The van der Waals surface area contributed by atoms with Gasteiger partial charge in [0.1, 0.15) is 0 Å². The van der Waals surface area contributed by atoms with Gasteiger partial charge in [0.2, 0.25) is 0 Å². The molecule has 2 aromatic rings. The third-order valence-electron chi connectivity index (χ3n) is 6.10. The van der Waals surface area contributed by atoms with E-state index in [2.05, 4.69) is 28.1 Å². The van der Waals surface area contributed by atoms with Crippen LogP contribution in [0.2, 0.25) is 0 Å². The molecule has 1 saturated carbocycles. The van der Waals surface area contributed by atoms with Gasteiger partial charge in [-0.15, -0.1) is 12.4 Å². The zero-order valence-corrected chi connectivity index (χ0v) is 18.3. The third kappa shape index (κ3) is 5.82. The molecule has 1 amide bonds. The van der Waals surface area contributed by atoms with E-state index in [1.165, 1.54) is 24.8 Å². The maximum absolute atomic E-state index is 12.5. The molecule has 3 atom stereocenters. The first-order valence-electron chi connectivity index (χ1n) is 10.7. The minimum atomic E-state index is -0.0747. The zero-order chi connectivity index (χ0) is 20.1. The van der Waals surface area contributed by atoms with Crippen molar-refractivity contribution in [1.29, 1.82) is 0 Å². The molecule has 5 nitrogen and oxygen atoms in total. The number of nitrogens with one attached hydrogen (secondary N) is 3. The van der Waals surface area contributed by atoms with Gasteiger partial charge in [0.05, 0.1) is 13.2 Å². The fraction of sp³-hybridized carbons (Fsp3) is 0.458. The van der Waals surface area contributed by atoms with Gasteiger partial charge in [0.25, 0.3) is 5.91 Å². The summed E-state index contributed by atoms with van der Waals surface area (Å²) in [4.78, 5) is 12.5. The Hall–Kier alpha value is -1.92. The lowest BCUT2D eigenvalue weighted by Crippen LogP contribution is -2.50. The highest BCUT2D eigenvalue weighted by Gasteiger charge is 2.34. The Bertz CT molecular complexity index is 821. The van der Waals surface area contributed by atoms with Crippen molar-refractivity contribution in [3.8, 4) is 0 Å². The van der Waals surface area contributed by atoms with Gasteiger partial charge in [0.15, 0.2) is 0 Å². The quantitative estimate of drug-likeness (QED) is 0.651. The van der Waals surface area contributed by atoms with Crippen LogP contribution in [0.4, 0.5) is 5.69 Å². The van der Waals surface area contributed by atoms with E-state index in [9.17, 15) is 4.79 Å². The summed E-state index contributed by atoms with van der Waals surface area (Å²) in [6, 6.07) is 16.7. The van der Waals surface area contributed by atoms with E-state index in [4.69, 9.17) is 4.74 Å². The molecule has 0 bridgehead atoms. The molecule has 3 N–H and O–H groups in total. The van der Waals surface area contributed by atoms with Crippen molar-refractivity contribution in [1.82, 2.24) is 10.6 Å². The first-order valence-corrected chi connectivity index (χ1v) is 10.7. The van der Waals surface area contributed by atoms with Gasteiger partial charge in [-0.3, -0.25) is 4.79 Å². The molecular weight excluding hydrogens is 398 g/mol. The molecule has 0 aromatic heterocycles. The van der Waals surface area contributed by atoms with Crippen LogP contribution in [-0.2, 0) is 11.3 Å². The predicted octanol–water partition coefficient (Wildman–Crippen LogP) is 3.92. The number of carbonyl (C=O) groups is 1. The smallest absolute Gasteiger partial charge is 0.255 e. The average molecular weight is 430 g/mol. The molecule has 6 heteroatoms. The largest absolute Gasteiger partial charge is 0.379 e. The summed E-state index contributed by atoms with van der Waals surface area (Å²) < 4.78 is 5.67. The lowest BCUT2D eigenvalue weighted by Gasteiger charge is -2.33. The highest BCUT2D eigenvalue weighted by molar-refractivity contribution is 6.04. The Labute approximate surface area is 185 Å². The average Bonchev–Trinajstić information content (AvgIpc) is 3.22. The Morgan fingerprint density at radius 1 is 1.17 bits per heavy atom. The van der Waals surface area contributed by atoms with Crippen LogP contribution in [0.5, 0.6) is 0 Å². The van der Waals surface area contributed by atoms with Crippen LogP contribution in [0.3, 0.4) is 0 Å². The van der Waals surface area contributed by atoms with Gasteiger partial charge >= 0.3 is 0 Å². The lowest BCUT2D eigenvalue weighted by molar-refractivity contribution is 0.0524. The number of benzene rings is 2. The fourth-order valence-corrected chi connectivity index (χ4v) is 4.50. The summed E-state index contributed by atoms with van der Waals surface area (Å²) in [7, 11) is 0. The third-order valence-corrected chi connectivity index (χ3v) is 6.10. The summed E-state index contributed by atoms with van der Waals surface area (Å²) in [6.07, 6.45) is 3.74. The van der Waals surface area contributed by atoms with Crippen LogP contribution in [0, 0.1) is 12.8 Å². The molecular formula is C24H32ClN3O2. The summed E-state index contributed by atoms with van der Waals surface area (Å²) in [6.45, 7) is 5.43. The maximum atomic E-state index is 12.5. The molecule has 2 aromatic carbocycles. The highest BCUT2D eigenvalue weighted by Crippen LogP contribution is 2.29. The molecule has 1 heterocycles. The fourth-order valence-electron chi connectivity index (χ4n) is 4.50. The van der Waals surface area contributed by atoms with Crippen LogP contribution < -0.4 is 16.0 Å². The van der Waals surface area contributed by atoms with Crippen molar-refractivity contribution >= 4 is 24.0 Å². The Morgan fingerprint density at radius 3 is 2.77 bits per heavy atom. The Kier molecular flexibility index (Phi) is 8.28. The molecule has 2 fully saturated rings. The van der Waals surface area contributed by atoms with E-state index in [1.54, 1.807) is 0 Å². The van der Waals surface area contributed by atoms with Gasteiger partial charge in [-0.1, -0.05) is 36.2 Å². The highest BCUT2D eigenvalue weighted by atomic mass is 35.5. The van der Waals surface area contributed by atoms with Crippen molar-refractivity contribution in [2.75, 3.05) is 25.1 Å². The number of carbonyl (C=O) groups excluding carboxylic acids is 1. The topological polar surface area (TPSA) is 62.4 Å². The van der Waals surface area contributed by atoms with Gasteiger partial charge in [-0.2, -0.15) is 0 Å². The van der Waals surface area contributed by atoms with Crippen molar-refractivity contribution in [2.24, 2.45) is 5.92 Å². The van der Waals surface area contributed by atoms with E-state index < -0.39 is 0 Å². The molecule has 162 valence electrons. The van der Waals surface area contributed by atoms with Crippen molar-refractivity contribution < 1.29 is 9.53 Å². The van der Waals surface area contributed by atoms with Crippen molar-refractivity contribution in [2.45, 2.75) is 44.8 Å². The second-order valence-electron chi connectivity index (χ2n) is 8.24. The molecule has 3 unspecified atom stereocenters. The van der Waals surface area contributed by atoms with Gasteiger partial charge < -0.3 is 20.7 Å². The number of aryl methyl sites for hydroxylation is 1. The normalized spacial score (nSPS) is 23.6. The predicted molar refractivity (Wildman–Crippen MR) is 123 cm³/mol. The molecule has 1 aliphatic heterocycles. The standard InChI is InChI=1S/C24H31N3O2.ClH/c1-17-8-10-19(11-9-17)24(28)27-20-5-2-4-18(14-20)15-26-22-7-3-6-21(22)23-16-29-13-12-25-23;/h2,4-5,8-11,14,21-23,25-26H,3,6-7,12-13,15-16H2,1H3,(H,27,28);1H. The van der Waals surface area contributed by atoms with Crippen LogP contribution in [0.15, 0.2) is 48.5 Å². The van der Waals surface area contributed by atoms with Crippen LogP contribution >= 0.6 is 12.4 Å². The molecule has 2 aliphatic rings. The van der Waals surface area contributed by atoms with E-state index in [0.717, 1.165) is 37.6 Å². The summed E-state index contributed by atoms with van der Waals surface area (Å²) in [5.74, 6) is 0.550. The number of hydrogen-bond donors (Lipinski definition) is 3. The monoisotopic (exact) mass is 429 g/mol. The van der Waals surface area contributed by atoms with Crippen molar-refractivity contribution in [3.63, 3.8) is 0 Å². The van der Waals surface area contributed by atoms with Crippen LogP contribution in [0.1, 0.15) is 40.7 Å². The molecule has 30 heavy (non-hydrogen) atoms. The SMILES string of the molecule is Cc1ccc(C(=O)Nc2cccc(CNC3CCCC3C3COCCN3)c2)cc1.Cl. The minimum Gasteiger partial charge on any atom is -0.379 e. The number of anilines is 1. The number of amides is 1. The van der Waals surface area contributed by atoms with Gasteiger partial charge in [-0.05, 0) is 55.5 Å². The molecule has 4 rings (SSSR count). The minimum absolute atomic E-state index is 0. The Balaban J connectivity index is 0.00000256. The van der Waals surface area contributed by atoms with Crippen LogP contribution in [0.25, 0.3) is 0 Å². The second kappa shape index (κ2) is 10.9. The number of morpholine rings is 1. The summed E-state index contributed by atoms with van der Waals surface area (Å²) in [5.41, 5.74) is 3.84. The zero-order valence-electron chi connectivity index (χ0n) is 17.5. The Morgan fingerprint density at radius 2 is 2.00 bits per heavy atom. The van der Waals surface area contributed by atoms with E-state index in [1.807, 2.05) is 43.3 Å². The van der Waals surface area contributed by atoms with Gasteiger partial charge in [-0.25, -0.2) is 0 Å². The summed E-state index contributed by atoms with van der Waals surface area (Å²) in [5, 5.41) is 10.4. The van der Waals surface area contributed by atoms with Crippen molar-refractivity contribution in [3.05, 3.63) is 65.2 Å². The number of hydrogen-bond acceptors (Lipinski definition) is 4. The number of halogens is 1. The first-order chi connectivity index (χ1) is 14.2. The summed E-state index contributed by atoms with van der Waals surface area (Å²) >= 11 is 0. The van der Waals surface area contributed by atoms with E-state index >= 15 is 0 Å². The molecule has 0 spiro atoms.